The van der Waals surface area contributed by atoms with Gasteiger partial charge in [0.15, 0.2) is 0 Å². The molecule has 0 amide bonds. The van der Waals surface area contributed by atoms with Crippen LogP contribution in [0.25, 0.3) is 0 Å². The number of carboxylic acid groups (broad SMARTS) is 1. The second-order valence-electron chi connectivity index (χ2n) is 4.56. The van der Waals surface area contributed by atoms with Crippen molar-refractivity contribution in [1.82, 2.24) is 0 Å². The highest BCUT2D eigenvalue weighted by Crippen LogP contribution is 2.39. The molecule has 1 aliphatic carbocycles. The molecule has 1 rings (SSSR count). The lowest BCUT2D eigenvalue weighted by Gasteiger charge is -2.27. The first-order valence-electron chi connectivity index (χ1n) is 5.88. The van der Waals surface area contributed by atoms with Crippen molar-refractivity contribution < 1.29 is 9.90 Å². The number of aliphatic carboxylic acids is 1. The monoisotopic (exact) mass is 208 g/mol. The second-order valence-corrected chi connectivity index (χ2v) is 4.56. The third-order valence-electron chi connectivity index (χ3n) is 3.49. The zero-order chi connectivity index (χ0) is 11.1. The van der Waals surface area contributed by atoms with Crippen LogP contribution in [0.4, 0.5) is 0 Å². The fourth-order valence-corrected chi connectivity index (χ4v) is 2.50. The van der Waals surface area contributed by atoms with E-state index in [-0.39, 0.29) is 0 Å². The Bertz CT molecular complexity index is 242. The van der Waals surface area contributed by atoms with Crippen LogP contribution < -0.4 is 0 Å². The average molecular weight is 208 g/mol. The molecule has 2 nitrogen and oxygen atoms in total. The van der Waals surface area contributed by atoms with Gasteiger partial charge in [0.05, 0.1) is 5.41 Å². The molecule has 1 N–H and O–H groups in total. The van der Waals surface area contributed by atoms with Crippen molar-refractivity contribution in [3.63, 3.8) is 0 Å². The van der Waals surface area contributed by atoms with Gasteiger partial charge in [-0.2, -0.15) is 0 Å². The summed E-state index contributed by atoms with van der Waals surface area (Å²) >= 11 is 0. The van der Waals surface area contributed by atoms with Crippen LogP contribution >= 0.6 is 0 Å². The van der Waals surface area contributed by atoms with E-state index in [0.29, 0.717) is 6.42 Å². The summed E-state index contributed by atoms with van der Waals surface area (Å²) in [5.41, 5.74) is -0.465. The normalized spacial score (nSPS) is 20.2. The minimum absolute atomic E-state index is 0.465. The highest BCUT2D eigenvalue weighted by atomic mass is 16.4. The zero-order valence-electron chi connectivity index (χ0n) is 9.30. The Kier molecular flexibility index (Phi) is 4.68. The molecular formula is C13H20O2. The van der Waals surface area contributed by atoms with Gasteiger partial charge in [-0.25, -0.2) is 0 Å². The van der Waals surface area contributed by atoms with Gasteiger partial charge in [0, 0.05) is 6.42 Å². The van der Waals surface area contributed by atoms with Gasteiger partial charge in [0.25, 0.3) is 0 Å². The Morgan fingerprint density at radius 1 is 1.27 bits per heavy atom. The number of hydrogen-bond acceptors (Lipinski definition) is 1. The standard InChI is InChI=1S/C13H20O2/c1-2-3-6-9-13(12(14)15)10-7-4-5-8-11-13/h1H,3-11H2,(H,14,15). The molecule has 1 fully saturated rings. The van der Waals surface area contributed by atoms with Crippen molar-refractivity contribution in [2.24, 2.45) is 5.41 Å². The van der Waals surface area contributed by atoms with Crippen LogP contribution in [0.5, 0.6) is 0 Å². The Labute approximate surface area is 92.1 Å². The first-order valence-corrected chi connectivity index (χ1v) is 5.88. The molecule has 15 heavy (non-hydrogen) atoms. The number of carbonyl (C=O) groups is 1. The van der Waals surface area contributed by atoms with E-state index in [1.54, 1.807) is 0 Å². The third kappa shape index (κ3) is 3.27. The topological polar surface area (TPSA) is 37.3 Å². The Balaban J connectivity index is 2.59. The molecule has 0 aliphatic heterocycles. The minimum Gasteiger partial charge on any atom is -0.481 e. The lowest BCUT2D eigenvalue weighted by Crippen LogP contribution is -2.30. The predicted octanol–water partition coefficient (Wildman–Crippen LogP) is 3.22. The van der Waals surface area contributed by atoms with E-state index in [1.165, 1.54) is 12.8 Å². The number of terminal acetylenes is 1. The SMILES string of the molecule is C#CCCCC1(C(=O)O)CCCCCC1. The van der Waals surface area contributed by atoms with Crippen molar-refractivity contribution in [1.29, 1.82) is 0 Å². The van der Waals surface area contributed by atoms with Crippen LogP contribution in [0, 0.1) is 17.8 Å². The molecule has 0 saturated heterocycles. The summed E-state index contributed by atoms with van der Waals surface area (Å²) in [6.07, 6.45) is 13.7. The first-order chi connectivity index (χ1) is 7.21. The maximum Gasteiger partial charge on any atom is 0.309 e. The minimum atomic E-state index is -0.610. The molecule has 0 atom stereocenters. The van der Waals surface area contributed by atoms with Gasteiger partial charge in [0.1, 0.15) is 0 Å². The van der Waals surface area contributed by atoms with Crippen molar-refractivity contribution in [3.05, 3.63) is 0 Å². The van der Waals surface area contributed by atoms with Crippen LogP contribution in [-0.2, 0) is 4.79 Å². The van der Waals surface area contributed by atoms with Gasteiger partial charge < -0.3 is 5.11 Å². The van der Waals surface area contributed by atoms with E-state index in [9.17, 15) is 9.90 Å². The summed E-state index contributed by atoms with van der Waals surface area (Å²) in [6, 6.07) is 0. The molecule has 0 aromatic heterocycles. The van der Waals surface area contributed by atoms with Gasteiger partial charge in [-0.15, -0.1) is 12.3 Å². The van der Waals surface area contributed by atoms with Gasteiger partial charge in [-0.1, -0.05) is 25.7 Å². The van der Waals surface area contributed by atoms with E-state index in [1.807, 2.05) is 0 Å². The Hall–Kier alpha value is -0.970. The maximum atomic E-state index is 11.4. The van der Waals surface area contributed by atoms with Crippen molar-refractivity contribution >= 4 is 5.97 Å². The number of rotatable bonds is 4. The quantitative estimate of drug-likeness (QED) is 0.437. The lowest BCUT2D eigenvalue weighted by atomic mass is 9.76. The van der Waals surface area contributed by atoms with E-state index >= 15 is 0 Å². The lowest BCUT2D eigenvalue weighted by molar-refractivity contribution is -0.150. The van der Waals surface area contributed by atoms with E-state index in [0.717, 1.165) is 38.5 Å². The summed E-state index contributed by atoms with van der Waals surface area (Å²) in [4.78, 5) is 11.4. The van der Waals surface area contributed by atoms with Crippen molar-refractivity contribution in [3.8, 4) is 12.3 Å². The molecule has 2 heteroatoms. The zero-order valence-corrected chi connectivity index (χ0v) is 9.30. The molecule has 0 unspecified atom stereocenters. The molecule has 1 aliphatic rings. The van der Waals surface area contributed by atoms with Gasteiger partial charge >= 0.3 is 5.97 Å². The molecule has 0 aromatic carbocycles. The van der Waals surface area contributed by atoms with E-state index < -0.39 is 11.4 Å². The average Bonchev–Trinajstić information content (AvgIpc) is 2.45. The molecule has 0 bridgehead atoms. The first kappa shape index (κ1) is 12.1. The van der Waals surface area contributed by atoms with Crippen molar-refractivity contribution in [2.45, 2.75) is 57.8 Å². The fraction of sp³-hybridized carbons (Fsp3) is 0.769. The molecule has 0 heterocycles. The van der Waals surface area contributed by atoms with E-state index in [2.05, 4.69) is 5.92 Å². The summed E-state index contributed by atoms with van der Waals surface area (Å²) in [5, 5.41) is 9.36. The van der Waals surface area contributed by atoms with Gasteiger partial charge in [-0.3, -0.25) is 4.79 Å². The predicted molar refractivity (Wildman–Crippen MR) is 60.5 cm³/mol. The summed E-state index contributed by atoms with van der Waals surface area (Å²) in [6.45, 7) is 0. The largest absolute Gasteiger partial charge is 0.481 e. The molecule has 1 saturated carbocycles. The second kappa shape index (κ2) is 5.80. The Morgan fingerprint density at radius 3 is 2.33 bits per heavy atom. The van der Waals surface area contributed by atoms with Crippen molar-refractivity contribution in [2.75, 3.05) is 0 Å². The number of unbranched alkanes of at least 4 members (excludes halogenated alkanes) is 1. The smallest absolute Gasteiger partial charge is 0.309 e. The van der Waals surface area contributed by atoms with Gasteiger partial charge in [0.2, 0.25) is 0 Å². The molecule has 84 valence electrons. The maximum absolute atomic E-state index is 11.4. The summed E-state index contributed by atoms with van der Waals surface area (Å²) < 4.78 is 0. The van der Waals surface area contributed by atoms with Crippen LogP contribution in [0.3, 0.4) is 0 Å². The molecule has 0 spiro atoms. The van der Waals surface area contributed by atoms with Crippen LogP contribution in [0.2, 0.25) is 0 Å². The molecule has 0 aromatic rings. The van der Waals surface area contributed by atoms with Crippen LogP contribution in [0.1, 0.15) is 57.8 Å². The summed E-state index contributed by atoms with van der Waals surface area (Å²) in [5.74, 6) is 1.98. The Morgan fingerprint density at radius 2 is 1.87 bits per heavy atom. The molecular weight excluding hydrogens is 188 g/mol. The van der Waals surface area contributed by atoms with Crippen LogP contribution in [-0.4, -0.2) is 11.1 Å². The third-order valence-corrected chi connectivity index (χ3v) is 3.49. The number of hydrogen-bond donors (Lipinski definition) is 1. The highest BCUT2D eigenvalue weighted by molar-refractivity contribution is 5.74. The number of carboxylic acids is 1. The highest BCUT2D eigenvalue weighted by Gasteiger charge is 2.37. The fourth-order valence-electron chi connectivity index (χ4n) is 2.50. The van der Waals surface area contributed by atoms with Gasteiger partial charge in [-0.05, 0) is 25.7 Å². The summed E-state index contributed by atoms with van der Waals surface area (Å²) in [7, 11) is 0. The van der Waals surface area contributed by atoms with Crippen LogP contribution in [0.15, 0.2) is 0 Å². The molecule has 0 radical (unpaired) electrons. The van der Waals surface area contributed by atoms with E-state index in [4.69, 9.17) is 6.42 Å².